The smallest absolute Gasteiger partial charge is 0.317 e. The first-order chi connectivity index (χ1) is 12.2. The van der Waals surface area contributed by atoms with Crippen molar-refractivity contribution in [2.75, 3.05) is 32.7 Å². The number of hydrogen-bond acceptors (Lipinski definition) is 5. The van der Waals surface area contributed by atoms with Gasteiger partial charge in [-0.05, 0) is 6.42 Å². The van der Waals surface area contributed by atoms with E-state index in [0.29, 0.717) is 0 Å². The number of rotatable bonds is 6. The number of aryl methyl sites for hydroxylation is 1. The van der Waals surface area contributed by atoms with Crippen LogP contribution in [0, 0.1) is 0 Å². The summed E-state index contributed by atoms with van der Waals surface area (Å²) >= 11 is 0. The van der Waals surface area contributed by atoms with E-state index in [1.807, 2.05) is 29.0 Å². The van der Waals surface area contributed by atoms with Gasteiger partial charge in [0.25, 0.3) is 0 Å². The van der Waals surface area contributed by atoms with Crippen LogP contribution in [-0.2, 0) is 13.6 Å². The Kier molecular flexibility index (Phi) is 5.64. The molecule has 2 aromatic heterocycles. The Morgan fingerprint density at radius 3 is 2.64 bits per heavy atom. The molecule has 3 heterocycles. The number of aromatic nitrogens is 5. The van der Waals surface area contributed by atoms with Crippen LogP contribution in [0.4, 0.5) is 4.79 Å². The van der Waals surface area contributed by atoms with Gasteiger partial charge >= 0.3 is 6.03 Å². The maximum atomic E-state index is 12.5. The predicted molar refractivity (Wildman–Crippen MR) is 92.8 cm³/mol. The van der Waals surface area contributed by atoms with E-state index >= 15 is 0 Å². The van der Waals surface area contributed by atoms with E-state index in [1.165, 1.54) is 0 Å². The van der Waals surface area contributed by atoms with Gasteiger partial charge in [-0.3, -0.25) is 14.3 Å². The van der Waals surface area contributed by atoms with Crippen molar-refractivity contribution >= 4 is 6.03 Å². The largest absolute Gasteiger partial charge is 0.331 e. The Balaban J connectivity index is 1.44. The first-order valence-corrected chi connectivity index (χ1v) is 8.74. The summed E-state index contributed by atoms with van der Waals surface area (Å²) in [6.07, 6.45) is 7.89. The molecule has 9 nitrogen and oxygen atoms in total. The lowest BCUT2D eigenvalue weighted by Gasteiger charge is -2.35. The molecule has 2 amide bonds. The van der Waals surface area contributed by atoms with E-state index in [9.17, 15) is 4.79 Å². The zero-order valence-corrected chi connectivity index (χ0v) is 14.9. The van der Waals surface area contributed by atoms with Crippen LogP contribution in [0.3, 0.4) is 0 Å². The lowest BCUT2D eigenvalue weighted by atomic mass is 10.1. The highest BCUT2D eigenvalue weighted by Crippen LogP contribution is 2.16. The molecule has 1 atom stereocenters. The van der Waals surface area contributed by atoms with Gasteiger partial charge in [0.1, 0.15) is 12.7 Å². The number of hydrogen-bond donors (Lipinski definition) is 1. The minimum absolute atomic E-state index is 0.00606. The van der Waals surface area contributed by atoms with Crippen LogP contribution in [0.5, 0.6) is 0 Å². The normalized spacial score (nSPS) is 16.8. The van der Waals surface area contributed by atoms with Crippen LogP contribution in [0.15, 0.2) is 25.0 Å². The molecule has 0 aromatic carbocycles. The lowest BCUT2D eigenvalue weighted by Crippen LogP contribution is -2.52. The molecule has 1 fully saturated rings. The van der Waals surface area contributed by atoms with Gasteiger partial charge in [-0.25, -0.2) is 9.78 Å². The number of carbonyl (C=O) groups excluding carboxylic acids is 1. The Labute approximate surface area is 147 Å². The Morgan fingerprint density at radius 1 is 1.24 bits per heavy atom. The predicted octanol–water partition coefficient (Wildman–Crippen LogP) is 0.490. The zero-order valence-electron chi connectivity index (χ0n) is 14.9. The average molecular weight is 346 g/mol. The molecule has 25 heavy (non-hydrogen) atoms. The molecule has 1 aliphatic heterocycles. The quantitative estimate of drug-likeness (QED) is 0.823. The summed E-state index contributed by atoms with van der Waals surface area (Å²) in [7, 11) is 1.89. The van der Waals surface area contributed by atoms with Crippen molar-refractivity contribution in [3.8, 4) is 0 Å². The first kappa shape index (κ1) is 17.4. The van der Waals surface area contributed by atoms with Crippen LogP contribution in [-0.4, -0.2) is 73.1 Å². The lowest BCUT2D eigenvalue weighted by molar-refractivity contribution is 0.133. The fraction of sp³-hybridized carbons (Fsp3) is 0.625. The average Bonchev–Trinajstić information content (AvgIpc) is 3.30. The molecular weight excluding hydrogens is 320 g/mol. The molecule has 136 valence electrons. The Morgan fingerprint density at radius 2 is 2.04 bits per heavy atom. The second-order valence-corrected chi connectivity index (χ2v) is 6.34. The molecule has 1 saturated heterocycles. The van der Waals surface area contributed by atoms with E-state index in [1.54, 1.807) is 17.3 Å². The summed E-state index contributed by atoms with van der Waals surface area (Å²) < 4.78 is 3.59. The number of piperazine rings is 1. The summed E-state index contributed by atoms with van der Waals surface area (Å²) in [5, 5.41) is 11.4. The van der Waals surface area contributed by atoms with Crippen LogP contribution in [0.1, 0.15) is 24.9 Å². The van der Waals surface area contributed by atoms with Gasteiger partial charge in [0, 0.05) is 51.5 Å². The fourth-order valence-corrected chi connectivity index (χ4v) is 3.05. The van der Waals surface area contributed by atoms with Crippen molar-refractivity contribution in [2.45, 2.75) is 25.9 Å². The summed E-state index contributed by atoms with van der Waals surface area (Å²) in [6.45, 7) is 7.06. The molecule has 1 N–H and O–H groups in total. The van der Waals surface area contributed by atoms with Gasteiger partial charge in [-0.2, -0.15) is 10.2 Å². The SMILES string of the molecule is CC[C@H](NC(=O)N1CCN(CCn2cncn2)CC1)c1cnn(C)c1. The molecule has 1 aliphatic rings. The summed E-state index contributed by atoms with van der Waals surface area (Å²) in [5.41, 5.74) is 1.05. The van der Waals surface area contributed by atoms with Gasteiger partial charge in [-0.15, -0.1) is 0 Å². The maximum absolute atomic E-state index is 12.5. The number of amides is 2. The van der Waals surface area contributed by atoms with Gasteiger partial charge in [0.2, 0.25) is 0 Å². The van der Waals surface area contributed by atoms with Crippen molar-refractivity contribution < 1.29 is 4.79 Å². The highest BCUT2D eigenvalue weighted by Gasteiger charge is 2.23. The van der Waals surface area contributed by atoms with Gasteiger partial charge in [0.15, 0.2) is 0 Å². The molecule has 0 spiro atoms. The zero-order chi connectivity index (χ0) is 17.6. The standard InChI is InChI=1S/C16H26N8O/c1-3-15(14-10-18-21(2)11-14)20-16(25)23-7-4-22(5-8-23)6-9-24-13-17-12-19-24/h10-13,15H,3-9H2,1-2H3,(H,20,25)/t15-/m0/s1. The molecule has 0 saturated carbocycles. The van der Waals surface area contributed by atoms with E-state index in [-0.39, 0.29) is 12.1 Å². The van der Waals surface area contributed by atoms with Crippen molar-refractivity contribution in [3.63, 3.8) is 0 Å². The van der Waals surface area contributed by atoms with E-state index in [2.05, 4.69) is 32.3 Å². The molecular formula is C16H26N8O. The second-order valence-electron chi connectivity index (χ2n) is 6.34. The molecule has 2 aromatic rings. The highest BCUT2D eigenvalue weighted by molar-refractivity contribution is 5.74. The number of nitrogens with one attached hydrogen (secondary N) is 1. The van der Waals surface area contributed by atoms with Crippen LogP contribution >= 0.6 is 0 Å². The monoisotopic (exact) mass is 346 g/mol. The molecule has 3 rings (SSSR count). The third kappa shape index (κ3) is 4.56. The molecule has 0 unspecified atom stereocenters. The van der Waals surface area contributed by atoms with E-state index in [4.69, 9.17) is 0 Å². The van der Waals surface area contributed by atoms with Gasteiger partial charge in [-0.1, -0.05) is 6.92 Å². The third-order valence-electron chi connectivity index (χ3n) is 4.60. The van der Waals surface area contributed by atoms with Crippen molar-refractivity contribution in [3.05, 3.63) is 30.6 Å². The Hall–Kier alpha value is -2.42. The van der Waals surface area contributed by atoms with Crippen molar-refractivity contribution in [1.29, 1.82) is 0 Å². The minimum Gasteiger partial charge on any atom is -0.331 e. The van der Waals surface area contributed by atoms with Crippen molar-refractivity contribution in [1.82, 2.24) is 39.7 Å². The van der Waals surface area contributed by atoms with E-state index in [0.717, 1.165) is 51.3 Å². The second kappa shape index (κ2) is 8.11. The first-order valence-electron chi connectivity index (χ1n) is 8.74. The topological polar surface area (TPSA) is 84.1 Å². The summed E-state index contributed by atoms with van der Waals surface area (Å²) in [5.74, 6) is 0. The molecule has 9 heteroatoms. The summed E-state index contributed by atoms with van der Waals surface area (Å²) in [4.78, 5) is 20.7. The van der Waals surface area contributed by atoms with Gasteiger partial charge < -0.3 is 10.2 Å². The molecule has 0 radical (unpaired) electrons. The third-order valence-corrected chi connectivity index (χ3v) is 4.60. The summed E-state index contributed by atoms with van der Waals surface area (Å²) in [6, 6.07) is 0.0122. The number of carbonyl (C=O) groups is 1. The minimum atomic E-state index is 0.00606. The van der Waals surface area contributed by atoms with Gasteiger partial charge in [0.05, 0.1) is 18.8 Å². The fourth-order valence-electron chi connectivity index (χ4n) is 3.05. The van der Waals surface area contributed by atoms with Crippen LogP contribution < -0.4 is 5.32 Å². The molecule has 0 bridgehead atoms. The Bertz CT molecular complexity index is 659. The van der Waals surface area contributed by atoms with Crippen LogP contribution in [0.2, 0.25) is 0 Å². The van der Waals surface area contributed by atoms with E-state index < -0.39 is 0 Å². The highest BCUT2D eigenvalue weighted by atomic mass is 16.2. The maximum Gasteiger partial charge on any atom is 0.317 e. The number of urea groups is 1. The number of nitrogens with zero attached hydrogens (tertiary/aromatic N) is 7. The molecule has 0 aliphatic carbocycles. The van der Waals surface area contributed by atoms with Crippen molar-refractivity contribution in [2.24, 2.45) is 7.05 Å². The van der Waals surface area contributed by atoms with Crippen LogP contribution in [0.25, 0.3) is 0 Å².